The molecule has 10 nitrogen and oxygen atoms in total. The highest BCUT2D eigenvalue weighted by Gasteiger charge is 2.37. The number of amides is 2. The van der Waals surface area contributed by atoms with Crippen molar-refractivity contribution >= 4 is 28.1 Å². The van der Waals surface area contributed by atoms with E-state index in [1.54, 1.807) is 76.6 Å². The summed E-state index contributed by atoms with van der Waals surface area (Å²) in [6.45, 7) is 1.72. The summed E-state index contributed by atoms with van der Waals surface area (Å²) in [5.41, 5.74) is 3.36. The molecule has 38 heavy (non-hydrogen) atoms. The van der Waals surface area contributed by atoms with Crippen LogP contribution in [-0.2, 0) is 10.5 Å². The standard InChI is InChI=1S/C27H25N5O5S/c33-26(29-19-6-4-10-28-16-19)18-5-3-7-20(15-18)32-25-21-8-1-2-9-23(21)38(35,36)17-22(25)24(30-32)27(34)31-11-13-37-14-12-31/h1-10,15-16,35-36H,11-14,17H2,(H,29,33). The molecule has 4 aromatic rings. The molecule has 0 atom stereocenters. The molecule has 1 fully saturated rings. The first kappa shape index (κ1) is 24.3. The average Bonchev–Trinajstić information content (AvgIpc) is 3.32. The van der Waals surface area contributed by atoms with Crippen LogP contribution in [-0.4, -0.2) is 66.9 Å². The zero-order valence-electron chi connectivity index (χ0n) is 20.3. The molecular weight excluding hydrogens is 506 g/mol. The largest absolute Gasteiger partial charge is 0.378 e. The first-order chi connectivity index (χ1) is 18.4. The maximum atomic E-state index is 13.6. The van der Waals surface area contributed by atoms with Gasteiger partial charge in [0.1, 0.15) is 0 Å². The minimum Gasteiger partial charge on any atom is -0.378 e. The lowest BCUT2D eigenvalue weighted by molar-refractivity contribution is 0.0298. The van der Waals surface area contributed by atoms with Crippen LogP contribution in [0.4, 0.5) is 5.69 Å². The molecule has 0 unspecified atom stereocenters. The van der Waals surface area contributed by atoms with Gasteiger partial charge >= 0.3 is 0 Å². The van der Waals surface area contributed by atoms with Gasteiger partial charge < -0.3 is 15.0 Å². The lowest BCUT2D eigenvalue weighted by Gasteiger charge is -2.38. The van der Waals surface area contributed by atoms with E-state index >= 15 is 0 Å². The molecule has 0 saturated carbocycles. The summed E-state index contributed by atoms with van der Waals surface area (Å²) in [6.07, 6.45) is 3.18. The smallest absolute Gasteiger partial charge is 0.274 e. The molecular formula is C27H25N5O5S. The number of nitrogens with one attached hydrogen (secondary N) is 1. The number of hydrogen-bond donors (Lipinski definition) is 3. The van der Waals surface area contributed by atoms with Gasteiger partial charge in [-0.15, -0.1) is 0 Å². The number of rotatable bonds is 4. The number of fused-ring (bicyclic) bond motifs is 3. The van der Waals surface area contributed by atoms with Crippen LogP contribution < -0.4 is 5.32 Å². The number of hydrogen-bond acceptors (Lipinski definition) is 7. The number of anilines is 1. The predicted molar refractivity (Wildman–Crippen MR) is 143 cm³/mol. The van der Waals surface area contributed by atoms with E-state index in [1.165, 1.54) is 0 Å². The Kier molecular flexibility index (Phi) is 6.20. The number of pyridine rings is 1. The molecule has 0 aliphatic carbocycles. The van der Waals surface area contributed by atoms with E-state index in [9.17, 15) is 18.7 Å². The second-order valence-electron chi connectivity index (χ2n) is 9.05. The Bertz CT molecular complexity index is 1530. The summed E-state index contributed by atoms with van der Waals surface area (Å²) in [5.74, 6) is -0.727. The average molecular weight is 532 g/mol. The summed E-state index contributed by atoms with van der Waals surface area (Å²) in [6, 6.07) is 17.4. The first-order valence-corrected chi connectivity index (χ1v) is 13.8. The number of ether oxygens (including phenoxy) is 1. The number of nitrogens with zero attached hydrogens (tertiary/aromatic N) is 4. The number of morpholine rings is 1. The van der Waals surface area contributed by atoms with E-state index in [-0.39, 0.29) is 23.3 Å². The fourth-order valence-corrected chi connectivity index (χ4v) is 6.43. The lowest BCUT2D eigenvalue weighted by Crippen LogP contribution is -2.41. The van der Waals surface area contributed by atoms with E-state index in [1.807, 2.05) is 6.07 Å². The Balaban J connectivity index is 1.47. The number of carbonyl (C=O) groups is 2. The summed E-state index contributed by atoms with van der Waals surface area (Å²) in [4.78, 5) is 32.7. The molecule has 2 aliphatic heterocycles. The summed E-state index contributed by atoms with van der Waals surface area (Å²) in [5, 5.41) is 7.55. The molecule has 2 aromatic heterocycles. The maximum Gasteiger partial charge on any atom is 0.274 e. The lowest BCUT2D eigenvalue weighted by atomic mass is 10.0. The van der Waals surface area contributed by atoms with Gasteiger partial charge in [-0.3, -0.25) is 23.7 Å². The van der Waals surface area contributed by atoms with Crippen LogP contribution in [0.2, 0.25) is 0 Å². The van der Waals surface area contributed by atoms with Crippen molar-refractivity contribution in [2.45, 2.75) is 10.6 Å². The second kappa shape index (κ2) is 9.69. The third kappa shape index (κ3) is 4.35. The molecule has 4 heterocycles. The quantitative estimate of drug-likeness (QED) is 0.358. The normalized spacial score (nSPS) is 16.7. The minimum atomic E-state index is -3.19. The van der Waals surface area contributed by atoms with Crippen LogP contribution in [0, 0.1) is 0 Å². The molecule has 194 valence electrons. The molecule has 0 bridgehead atoms. The minimum absolute atomic E-state index is 0.119. The molecule has 3 N–H and O–H groups in total. The Morgan fingerprint density at radius 1 is 1.00 bits per heavy atom. The highest BCUT2D eigenvalue weighted by Crippen LogP contribution is 2.59. The van der Waals surface area contributed by atoms with Crippen LogP contribution in [0.25, 0.3) is 16.9 Å². The van der Waals surface area contributed by atoms with Gasteiger partial charge in [0.2, 0.25) is 0 Å². The van der Waals surface area contributed by atoms with Crippen molar-refractivity contribution in [1.82, 2.24) is 19.7 Å². The van der Waals surface area contributed by atoms with Gasteiger partial charge in [-0.05, 0) is 36.4 Å². The first-order valence-electron chi connectivity index (χ1n) is 12.1. The monoisotopic (exact) mass is 531 g/mol. The van der Waals surface area contributed by atoms with Crippen LogP contribution in [0.3, 0.4) is 0 Å². The van der Waals surface area contributed by atoms with Gasteiger partial charge in [-0.1, -0.05) is 24.3 Å². The van der Waals surface area contributed by atoms with Crippen molar-refractivity contribution in [2.24, 2.45) is 0 Å². The van der Waals surface area contributed by atoms with Crippen LogP contribution in [0.5, 0.6) is 0 Å². The van der Waals surface area contributed by atoms with E-state index in [0.717, 1.165) is 0 Å². The van der Waals surface area contributed by atoms with E-state index < -0.39 is 10.6 Å². The van der Waals surface area contributed by atoms with E-state index in [0.29, 0.717) is 65.0 Å². The third-order valence-electron chi connectivity index (χ3n) is 6.60. The molecule has 2 amide bonds. The molecule has 0 radical (unpaired) electrons. The van der Waals surface area contributed by atoms with Crippen LogP contribution in [0.1, 0.15) is 26.4 Å². The number of aromatic nitrogens is 3. The van der Waals surface area contributed by atoms with Crippen molar-refractivity contribution in [2.75, 3.05) is 31.6 Å². The van der Waals surface area contributed by atoms with Gasteiger partial charge in [-0.2, -0.15) is 15.7 Å². The summed E-state index contributed by atoms with van der Waals surface area (Å²) < 4.78 is 29.1. The predicted octanol–water partition coefficient (Wildman–Crippen LogP) is 4.28. The molecule has 2 aromatic carbocycles. The fourth-order valence-electron chi connectivity index (χ4n) is 4.78. The van der Waals surface area contributed by atoms with E-state index in [4.69, 9.17) is 9.84 Å². The van der Waals surface area contributed by atoms with Gasteiger partial charge in [0.25, 0.3) is 11.8 Å². The van der Waals surface area contributed by atoms with Crippen molar-refractivity contribution in [3.05, 3.63) is 89.9 Å². The van der Waals surface area contributed by atoms with Gasteiger partial charge in [0.15, 0.2) is 5.69 Å². The number of benzene rings is 2. The second-order valence-corrected chi connectivity index (χ2v) is 11.1. The van der Waals surface area contributed by atoms with Gasteiger partial charge in [0.05, 0.1) is 47.1 Å². The van der Waals surface area contributed by atoms with E-state index in [2.05, 4.69) is 10.3 Å². The Morgan fingerprint density at radius 2 is 1.82 bits per heavy atom. The zero-order valence-corrected chi connectivity index (χ0v) is 21.1. The van der Waals surface area contributed by atoms with Crippen molar-refractivity contribution in [1.29, 1.82) is 0 Å². The highest BCUT2D eigenvalue weighted by atomic mass is 32.3. The Morgan fingerprint density at radius 3 is 2.61 bits per heavy atom. The molecule has 2 aliphatic rings. The maximum absolute atomic E-state index is 13.6. The number of carbonyl (C=O) groups excluding carboxylic acids is 2. The Hall–Kier alpha value is -4.03. The van der Waals surface area contributed by atoms with Crippen molar-refractivity contribution < 1.29 is 23.4 Å². The Labute approximate surface area is 220 Å². The SMILES string of the molecule is O=C(Nc1cccnc1)c1cccc(-n2nc(C(=O)N3CCOCC3)c3c2-c2ccccc2S(O)(O)C3)c1. The zero-order chi connectivity index (χ0) is 26.3. The summed E-state index contributed by atoms with van der Waals surface area (Å²) in [7, 11) is -3.19. The highest BCUT2D eigenvalue weighted by molar-refractivity contribution is 8.23. The molecule has 11 heteroatoms. The molecule has 0 spiro atoms. The molecule has 6 rings (SSSR count). The van der Waals surface area contributed by atoms with Gasteiger partial charge in [0, 0.05) is 36.0 Å². The van der Waals surface area contributed by atoms with Gasteiger partial charge in [-0.25, -0.2) is 4.68 Å². The molecule has 1 saturated heterocycles. The fraction of sp³-hybridized carbons (Fsp3) is 0.185. The third-order valence-corrected chi connectivity index (χ3v) is 8.35. The van der Waals surface area contributed by atoms with Crippen molar-refractivity contribution in [3.63, 3.8) is 0 Å². The van der Waals surface area contributed by atoms with Crippen LogP contribution >= 0.6 is 10.6 Å². The topological polar surface area (TPSA) is 130 Å². The van der Waals surface area contributed by atoms with Crippen LogP contribution in [0.15, 0.2) is 78.0 Å². The van der Waals surface area contributed by atoms with Crippen molar-refractivity contribution in [3.8, 4) is 16.9 Å². The summed E-state index contributed by atoms with van der Waals surface area (Å²) >= 11 is 0.